The number of aryl methyl sites for hydroxylation is 1. The van der Waals surface area contributed by atoms with E-state index in [2.05, 4.69) is 15.4 Å². The fourth-order valence-electron chi connectivity index (χ4n) is 3.28. The first-order valence-corrected chi connectivity index (χ1v) is 8.78. The summed E-state index contributed by atoms with van der Waals surface area (Å²) in [5.41, 5.74) is 0.859. The molecule has 8 nitrogen and oxygen atoms in total. The Morgan fingerprint density at radius 2 is 2.08 bits per heavy atom. The Labute approximate surface area is 151 Å². The lowest BCUT2D eigenvalue weighted by Gasteiger charge is -2.33. The highest BCUT2D eigenvalue weighted by Crippen LogP contribution is 2.30. The van der Waals surface area contributed by atoms with Crippen molar-refractivity contribution in [1.82, 2.24) is 20.1 Å². The highest BCUT2D eigenvalue weighted by molar-refractivity contribution is 6.05. The van der Waals surface area contributed by atoms with Crippen LogP contribution >= 0.6 is 0 Å². The van der Waals surface area contributed by atoms with Gasteiger partial charge in [0.25, 0.3) is 5.91 Å². The number of aromatic nitrogens is 3. The lowest BCUT2D eigenvalue weighted by Crippen LogP contribution is -2.46. The van der Waals surface area contributed by atoms with Gasteiger partial charge in [-0.25, -0.2) is 9.67 Å². The predicted molar refractivity (Wildman–Crippen MR) is 95.1 cm³/mol. The quantitative estimate of drug-likeness (QED) is 0.844. The first-order valence-electron chi connectivity index (χ1n) is 8.78. The van der Waals surface area contributed by atoms with Gasteiger partial charge in [0.15, 0.2) is 5.65 Å². The topological polar surface area (TPSA) is 106 Å². The summed E-state index contributed by atoms with van der Waals surface area (Å²) in [6.07, 6.45) is 2.41. The lowest BCUT2D eigenvalue weighted by atomic mass is 9.80. The molecule has 0 radical (unpaired) electrons. The van der Waals surface area contributed by atoms with E-state index in [4.69, 9.17) is 4.74 Å². The van der Waals surface area contributed by atoms with Gasteiger partial charge in [-0.3, -0.25) is 9.59 Å². The van der Waals surface area contributed by atoms with Gasteiger partial charge in [-0.2, -0.15) is 5.10 Å². The van der Waals surface area contributed by atoms with Crippen LogP contribution < -0.4 is 5.32 Å². The summed E-state index contributed by atoms with van der Waals surface area (Å²) in [4.78, 5) is 29.0. The highest BCUT2D eigenvalue weighted by Gasteiger charge is 2.40. The average Bonchev–Trinajstić information content (AvgIpc) is 3.03. The third-order valence-electron chi connectivity index (χ3n) is 4.92. The Balaban J connectivity index is 1.87. The van der Waals surface area contributed by atoms with Crippen molar-refractivity contribution in [2.24, 2.45) is 5.41 Å². The fourth-order valence-corrected chi connectivity index (χ4v) is 3.28. The Kier molecular flexibility index (Phi) is 4.95. The maximum atomic E-state index is 12.8. The van der Waals surface area contributed by atoms with Crippen molar-refractivity contribution in [3.05, 3.63) is 23.5 Å². The fraction of sp³-hybridized carbons (Fsp3) is 0.556. The molecule has 1 fully saturated rings. The normalized spacial score (nSPS) is 16.8. The monoisotopic (exact) mass is 360 g/mol. The molecule has 3 heterocycles. The zero-order valence-electron chi connectivity index (χ0n) is 15.3. The summed E-state index contributed by atoms with van der Waals surface area (Å²) in [5.74, 6) is -1.21. The molecule has 26 heavy (non-hydrogen) atoms. The van der Waals surface area contributed by atoms with E-state index in [9.17, 15) is 14.7 Å². The molecule has 3 rings (SSSR count). The Bertz CT molecular complexity index is 837. The second kappa shape index (κ2) is 7.03. The Morgan fingerprint density at radius 3 is 2.69 bits per heavy atom. The molecule has 0 spiro atoms. The average molecular weight is 360 g/mol. The standard InChI is InChI=1S/C18H24N4O4/c1-11(2)22-15-14(9-20-22)13(8-12(3)21-15)16(23)19-10-18(17(24)25)4-6-26-7-5-18/h8-9,11H,4-7,10H2,1-3H3,(H,19,23)(H,24,25). The number of nitrogens with one attached hydrogen (secondary N) is 1. The van der Waals surface area contributed by atoms with Crippen molar-refractivity contribution in [3.63, 3.8) is 0 Å². The van der Waals surface area contributed by atoms with Gasteiger partial charge < -0.3 is 15.2 Å². The summed E-state index contributed by atoms with van der Waals surface area (Å²) in [6.45, 7) is 6.68. The number of ether oxygens (including phenoxy) is 1. The second-order valence-electron chi connectivity index (χ2n) is 7.11. The van der Waals surface area contributed by atoms with Gasteiger partial charge in [-0.1, -0.05) is 0 Å². The number of carboxylic acid groups (broad SMARTS) is 1. The summed E-state index contributed by atoms with van der Waals surface area (Å²) < 4.78 is 7.04. The molecule has 0 aromatic carbocycles. The number of hydrogen-bond acceptors (Lipinski definition) is 5. The van der Waals surface area contributed by atoms with Crippen molar-refractivity contribution >= 4 is 22.9 Å². The van der Waals surface area contributed by atoms with Gasteiger partial charge in [-0.05, 0) is 39.7 Å². The summed E-state index contributed by atoms with van der Waals surface area (Å²) in [6, 6.07) is 1.83. The van der Waals surface area contributed by atoms with E-state index < -0.39 is 11.4 Å². The SMILES string of the molecule is Cc1cc(C(=O)NCC2(C(=O)O)CCOCC2)c2cnn(C(C)C)c2n1. The number of carboxylic acids is 1. The van der Waals surface area contributed by atoms with E-state index in [1.54, 1.807) is 16.9 Å². The number of rotatable bonds is 5. The van der Waals surface area contributed by atoms with Gasteiger partial charge in [-0.15, -0.1) is 0 Å². The van der Waals surface area contributed by atoms with Crippen LogP contribution in [0.5, 0.6) is 0 Å². The summed E-state index contributed by atoms with van der Waals surface area (Å²) in [7, 11) is 0. The third-order valence-corrected chi connectivity index (χ3v) is 4.92. The number of hydrogen-bond donors (Lipinski definition) is 2. The highest BCUT2D eigenvalue weighted by atomic mass is 16.5. The van der Waals surface area contributed by atoms with Crippen LogP contribution in [0.4, 0.5) is 0 Å². The zero-order chi connectivity index (χ0) is 18.9. The van der Waals surface area contributed by atoms with Crippen molar-refractivity contribution in [2.45, 2.75) is 39.7 Å². The Morgan fingerprint density at radius 1 is 1.38 bits per heavy atom. The number of aliphatic carboxylic acids is 1. The van der Waals surface area contributed by atoms with E-state index in [0.717, 1.165) is 0 Å². The molecule has 8 heteroatoms. The summed E-state index contributed by atoms with van der Waals surface area (Å²) in [5, 5.41) is 17.4. The molecule has 0 aliphatic carbocycles. The van der Waals surface area contributed by atoms with Crippen LogP contribution in [0.15, 0.2) is 12.3 Å². The predicted octanol–water partition coefficient (Wildman–Crippen LogP) is 1.93. The van der Waals surface area contributed by atoms with E-state index in [-0.39, 0.29) is 18.5 Å². The number of nitrogens with zero attached hydrogens (tertiary/aromatic N) is 3. The van der Waals surface area contributed by atoms with Crippen LogP contribution in [0.1, 0.15) is 48.8 Å². The van der Waals surface area contributed by atoms with Crippen LogP contribution in [-0.2, 0) is 9.53 Å². The van der Waals surface area contributed by atoms with Gasteiger partial charge in [0, 0.05) is 31.5 Å². The number of carbonyl (C=O) groups excluding carboxylic acids is 1. The van der Waals surface area contributed by atoms with Crippen LogP contribution in [0.3, 0.4) is 0 Å². The van der Waals surface area contributed by atoms with Crippen LogP contribution in [0, 0.1) is 12.3 Å². The molecule has 2 aromatic heterocycles. The molecule has 0 saturated carbocycles. The van der Waals surface area contributed by atoms with Crippen molar-refractivity contribution < 1.29 is 19.4 Å². The van der Waals surface area contributed by atoms with Crippen molar-refractivity contribution in [3.8, 4) is 0 Å². The Hall–Kier alpha value is -2.48. The first-order chi connectivity index (χ1) is 12.3. The molecular weight excluding hydrogens is 336 g/mol. The maximum Gasteiger partial charge on any atom is 0.311 e. The van der Waals surface area contributed by atoms with Crippen molar-refractivity contribution in [1.29, 1.82) is 0 Å². The molecule has 0 unspecified atom stereocenters. The maximum absolute atomic E-state index is 12.8. The number of pyridine rings is 1. The first kappa shape index (κ1) is 18.3. The smallest absolute Gasteiger partial charge is 0.311 e. The van der Waals surface area contributed by atoms with E-state index in [0.29, 0.717) is 48.3 Å². The number of amides is 1. The third kappa shape index (κ3) is 3.29. The molecule has 0 bridgehead atoms. The van der Waals surface area contributed by atoms with Gasteiger partial charge in [0.05, 0.1) is 22.6 Å². The molecule has 1 aliphatic rings. The minimum Gasteiger partial charge on any atom is -0.481 e. The van der Waals surface area contributed by atoms with Crippen LogP contribution in [0.25, 0.3) is 11.0 Å². The van der Waals surface area contributed by atoms with Crippen LogP contribution in [0.2, 0.25) is 0 Å². The minimum absolute atomic E-state index is 0.0751. The molecule has 1 saturated heterocycles. The molecule has 2 aromatic rings. The number of fused-ring (bicyclic) bond motifs is 1. The van der Waals surface area contributed by atoms with Crippen molar-refractivity contribution in [2.75, 3.05) is 19.8 Å². The van der Waals surface area contributed by atoms with E-state index >= 15 is 0 Å². The molecular formula is C18H24N4O4. The molecule has 1 amide bonds. The van der Waals surface area contributed by atoms with E-state index in [1.165, 1.54) is 0 Å². The summed E-state index contributed by atoms with van der Waals surface area (Å²) >= 11 is 0. The molecule has 140 valence electrons. The van der Waals surface area contributed by atoms with Crippen LogP contribution in [-0.4, -0.2) is 51.5 Å². The molecule has 2 N–H and O–H groups in total. The minimum atomic E-state index is -0.975. The molecule has 1 aliphatic heterocycles. The lowest BCUT2D eigenvalue weighted by molar-refractivity contribution is -0.154. The number of carbonyl (C=O) groups is 2. The second-order valence-corrected chi connectivity index (χ2v) is 7.11. The van der Waals surface area contributed by atoms with Gasteiger partial charge >= 0.3 is 5.97 Å². The van der Waals surface area contributed by atoms with Gasteiger partial charge in [0.1, 0.15) is 0 Å². The largest absolute Gasteiger partial charge is 0.481 e. The zero-order valence-corrected chi connectivity index (χ0v) is 15.3. The van der Waals surface area contributed by atoms with E-state index in [1.807, 2.05) is 20.8 Å². The molecule has 0 atom stereocenters. The van der Waals surface area contributed by atoms with Gasteiger partial charge in [0.2, 0.25) is 0 Å².